The summed E-state index contributed by atoms with van der Waals surface area (Å²) in [7, 11) is -0.746. The van der Waals surface area contributed by atoms with Crippen LogP contribution < -0.4 is 18.5 Å². The zero-order valence-electron chi connectivity index (χ0n) is 15.5. The summed E-state index contributed by atoms with van der Waals surface area (Å²) in [4.78, 5) is 0. The van der Waals surface area contributed by atoms with E-state index in [1.807, 2.05) is 22.9 Å². The van der Waals surface area contributed by atoms with Crippen molar-refractivity contribution in [2.24, 2.45) is 0 Å². The molecule has 0 radical (unpaired) electrons. The number of aromatic hydroxyl groups is 1. The Bertz CT molecular complexity index is 1000. The third kappa shape index (κ3) is 4.09. The smallest absolute Gasteiger partial charge is 0.330 e. The molecule has 9 heteroatoms. The van der Waals surface area contributed by atoms with Crippen molar-refractivity contribution in [3.8, 4) is 17.2 Å². The molecule has 28 heavy (non-hydrogen) atoms. The van der Waals surface area contributed by atoms with Crippen molar-refractivity contribution in [2.45, 2.75) is 19.3 Å². The van der Waals surface area contributed by atoms with Gasteiger partial charge < -0.3 is 19.7 Å². The van der Waals surface area contributed by atoms with E-state index in [0.717, 1.165) is 34.5 Å². The molecular weight excluding hydrogens is 384 g/mol. The molecule has 0 aromatic heterocycles. The minimum atomic E-state index is -3.93. The Morgan fingerprint density at radius 2 is 1.61 bits per heavy atom. The lowest BCUT2D eigenvalue weighted by Crippen LogP contribution is -2.29. The Morgan fingerprint density at radius 3 is 2.18 bits per heavy atom. The maximum Gasteiger partial charge on any atom is 0.330 e. The van der Waals surface area contributed by atoms with Crippen molar-refractivity contribution in [1.29, 1.82) is 0 Å². The molecule has 150 valence electrons. The standard InChI is InChI=1S/C19H22N2O6S/c1-26-17-9-7-14(11-18(17)27-2)5-3-4-13-6-8-15(16(22)10-13)21-12-19(23)20-28(21,24)25/h6-12,20,22-23H,3-5H2,1-2H3. The highest BCUT2D eigenvalue weighted by Crippen LogP contribution is 2.33. The van der Waals surface area contributed by atoms with E-state index < -0.39 is 16.1 Å². The molecule has 3 rings (SSSR count). The van der Waals surface area contributed by atoms with Gasteiger partial charge in [-0.3, -0.25) is 0 Å². The number of hydrogen-bond donors (Lipinski definition) is 3. The van der Waals surface area contributed by atoms with Crippen molar-refractivity contribution >= 4 is 15.9 Å². The van der Waals surface area contributed by atoms with Gasteiger partial charge in [0.05, 0.1) is 20.4 Å². The number of phenols is 1. The first kappa shape index (κ1) is 19.7. The number of aryl methyl sites for hydroxylation is 2. The summed E-state index contributed by atoms with van der Waals surface area (Å²) in [6.07, 6.45) is 3.35. The first-order valence-electron chi connectivity index (χ1n) is 8.60. The third-order valence-corrected chi connectivity index (χ3v) is 5.68. The SMILES string of the molecule is COc1ccc(CCCc2ccc(N3C=C(O)NS3(=O)=O)c(O)c2)cc1OC. The van der Waals surface area contributed by atoms with E-state index in [1.165, 1.54) is 12.1 Å². The van der Waals surface area contributed by atoms with E-state index in [-0.39, 0.29) is 11.4 Å². The van der Waals surface area contributed by atoms with E-state index >= 15 is 0 Å². The number of nitrogens with zero attached hydrogens (tertiary/aromatic N) is 1. The van der Waals surface area contributed by atoms with Crippen molar-refractivity contribution < 1.29 is 28.1 Å². The number of methoxy groups -OCH3 is 2. The number of hydrogen-bond acceptors (Lipinski definition) is 6. The Kier molecular flexibility index (Phi) is 5.55. The van der Waals surface area contributed by atoms with Crippen LogP contribution in [-0.2, 0) is 23.1 Å². The first-order valence-corrected chi connectivity index (χ1v) is 10.0. The summed E-state index contributed by atoms with van der Waals surface area (Å²) in [6.45, 7) is 0. The van der Waals surface area contributed by atoms with Crippen LogP contribution in [0.25, 0.3) is 0 Å². The third-order valence-electron chi connectivity index (χ3n) is 4.39. The molecule has 0 amide bonds. The van der Waals surface area contributed by atoms with Gasteiger partial charge in [-0.2, -0.15) is 8.42 Å². The average molecular weight is 406 g/mol. The summed E-state index contributed by atoms with van der Waals surface area (Å²) < 4.78 is 37.1. The van der Waals surface area contributed by atoms with Gasteiger partial charge in [-0.1, -0.05) is 12.1 Å². The number of nitrogens with one attached hydrogen (secondary N) is 1. The second-order valence-corrected chi connectivity index (χ2v) is 7.83. The summed E-state index contributed by atoms with van der Waals surface area (Å²) in [5.41, 5.74) is 2.05. The number of anilines is 1. The lowest BCUT2D eigenvalue weighted by atomic mass is 10.0. The van der Waals surface area contributed by atoms with Gasteiger partial charge in [-0.05, 0) is 54.7 Å². The molecule has 0 atom stereocenters. The van der Waals surface area contributed by atoms with Crippen LogP contribution in [0.4, 0.5) is 5.69 Å². The fourth-order valence-corrected chi connectivity index (χ4v) is 4.10. The van der Waals surface area contributed by atoms with Crippen molar-refractivity contribution in [3.63, 3.8) is 0 Å². The van der Waals surface area contributed by atoms with Gasteiger partial charge in [-0.25, -0.2) is 9.03 Å². The Morgan fingerprint density at radius 1 is 0.964 bits per heavy atom. The predicted octanol–water partition coefficient (Wildman–Crippen LogP) is 2.60. The first-order chi connectivity index (χ1) is 13.3. The maximum atomic E-state index is 11.9. The average Bonchev–Trinajstić information content (AvgIpc) is 2.93. The van der Waals surface area contributed by atoms with Crippen LogP contribution in [0.2, 0.25) is 0 Å². The highest BCUT2D eigenvalue weighted by Gasteiger charge is 2.30. The molecule has 0 spiro atoms. The van der Waals surface area contributed by atoms with Gasteiger partial charge in [0.1, 0.15) is 11.4 Å². The van der Waals surface area contributed by atoms with Gasteiger partial charge in [-0.15, -0.1) is 0 Å². The minimum Gasteiger partial charge on any atom is -0.506 e. The lowest BCUT2D eigenvalue weighted by Gasteiger charge is -2.16. The number of aliphatic hydroxyl groups excluding tert-OH is 1. The van der Waals surface area contributed by atoms with Crippen LogP contribution in [0.5, 0.6) is 17.2 Å². The second-order valence-electron chi connectivity index (χ2n) is 6.28. The normalized spacial score (nSPS) is 15.1. The van der Waals surface area contributed by atoms with Gasteiger partial charge >= 0.3 is 10.2 Å². The van der Waals surface area contributed by atoms with E-state index in [2.05, 4.69) is 0 Å². The van der Waals surface area contributed by atoms with Crippen LogP contribution in [0.15, 0.2) is 48.5 Å². The molecule has 0 fully saturated rings. The molecule has 1 heterocycles. The maximum absolute atomic E-state index is 11.9. The fraction of sp³-hybridized carbons (Fsp3) is 0.263. The van der Waals surface area contributed by atoms with Crippen molar-refractivity contribution in [3.05, 3.63) is 59.6 Å². The van der Waals surface area contributed by atoms with Crippen LogP contribution >= 0.6 is 0 Å². The number of benzene rings is 2. The van der Waals surface area contributed by atoms with Gasteiger partial charge in [0.25, 0.3) is 0 Å². The summed E-state index contributed by atoms with van der Waals surface area (Å²) in [5.74, 6) is 0.676. The molecule has 2 aromatic rings. The molecule has 8 nitrogen and oxygen atoms in total. The fourth-order valence-electron chi connectivity index (χ4n) is 3.03. The highest BCUT2D eigenvalue weighted by atomic mass is 32.2. The quantitative estimate of drug-likeness (QED) is 0.652. The number of ether oxygens (including phenoxy) is 2. The van der Waals surface area contributed by atoms with E-state index in [4.69, 9.17) is 9.47 Å². The number of aliphatic hydroxyl groups is 1. The highest BCUT2D eigenvalue weighted by molar-refractivity contribution is 7.91. The largest absolute Gasteiger partial charge is 0.506 e. The molecule has 1 aliphatic heterocycles. The summed E-state index contributed by atoms with van der Waals surface area (Å²) >= 11 is 0. The summed E-state index contributed by atoms with van der Waals surface area (Å²) in [5, 5.41) is 19.6. The number of phenolic OH excluding ortho intramolecular Hbond substituents is 1. The van der Waals surface area contributed by atoms with Crippen LogP contribution in [0.3, 0.4) is 0 Å². The molecule has 3 N–H and O–H groups in total. The van der Waals surface area contributed by atoms with Crippen molar-refractivity contribution in [1.82, 2.24) is 4.72 Å². The number of rotatable bonds is 7. The second kappa shape index (κ2) is 7.89. The lowest BCUT2D eigenvalue weighted by molar-refractivity contribution is 0.354. The van der Waals surface area contributed by atoms with Crippen LogP contribution in [0, 0.1) is 0 Å². The molecule has 0 bridgehead atoms. The topological polar surface area (TPSA) is 108 Å². The van der Waals surface area contributed by atoms with E-state index in [1.54, 1.807) is 20.3 Å². The zero-order valence-corrected chi connectivity index (χ0v) is 16.4. The zero-order chi connectivity index (χ0) is 20.3. The Hall–Kier alpha value is -3.07. The molecular formula is C19H22N2O6S. The van der Waals surface area contributed by atoms with Crippen LogP contribution in [0.1, 0.15) is 17.5 Å². The van der Waals surface area contributed by atoms with Gasteiger partial charge in [0.15, 0.2) is 11.5 Å². The molecule has 0 unspecified atom stereocenters. The van der Waals surface area contributed by atoms with Crippen molar-refractivity contribution in [2.75, 3.05) is 18.5 Å². The molecule has 0 aliphatic carbocycles. The molecule has 0 saturated carbocycles. The Balaban J connectivity index is 1.66. The van der Waals surface area contributed by atoms with Gasteiger partial charge in [0.2, 0.25) is 5.88 Å². The molecule has 0 saturated heterocycles. The molecule has 2 aromatic carbocycles. The summed E-state index contributed by atoms with van der Waals surface area (Å²) in [6, 6.07) is 10.6. The predicted molar refractivity (Wildman–Crippen MR) is 105 cm³/mol. The van der Waals surface area contributed by atoms with E-state index in [0.29, 0.717) is 17.9 Å². The minimum absolute atomic E-state index is 0.0696. The molecule has 1 aliphatic rings. The van der Waals surface area contributed by atoms with Gasteiger partial charge in [0, 0.05) is 0 Å². The van der Waals surface area contributed by atoms with Crippen LogP contribution in [-0.4, -0.2) is 32.9 Å². The van der Waals surface area contributed by atoms with E-state index in [9.17, 15) is 18.6 Å². The Labute approximate surface area is 163 Å². The monoisotopic (exact) mass is 406 g/mol.